The first-order valence-electron chi connectivity index (χ1n) is 6.82. The second-order valence-corrected chi connectivity index (χ2v) is 5.33. The molecule has 0 spiro atoms. The predicted octanol–water partition coefficient (Wildman–Crippen LogP) is 1.20. The van der Waals surface area contributed by atoms with Crippen LogP contribution < -0.4 is 4.74 Å². The highest BCUT2D eigenvalue weighted by molar-refractivity contribution is 5.44. The Morgan fingerprint density at radius 2 is 1.59 bits per heavy atom. The molecule has 0 saturated heterocycles. The molecule has 2 aromatic carbocycles. The Hall–Kier alpha value is -2.44. The summed E-state index contributed by atoms with van der Waals surface area (Å²) in [7, 11) is 0. The molecular weight excluding hydrogens is 288 g/mol. The summed E-state index contributed by atoms with van der Waals surface area (Å²) < 4.78 is 5.66. The summed E-state index contributed by atoms with van der Waals surface area (Å²) in [4.78, 5) is 0. The van der Waals surface area contributed by atoms with Crippen molar-refractivity contribution in [1.29, 1.82) is 0 Å². The van der Waals surface area contributed by atoms with Gasteiger partial charge >= 0.3 is 0 Å². The molecule has 6 nitrogen and oxygen atoms in total. The van der Waals surface area contributed by atoms with Gasteiger partial charge in [0.15, 0.2) is 0 Å². The van der Waals surface area contributed by atoms with Crippen molar-refractivity contribution in [3.63, 3.8) is 0 Å². The van der Waals surface area contributed by atoms with Gasteiger partial charge in [0.1, 0.15) is 41.3 Å². The molecule has 1 aliphatic heterocycles. The van der Waals surface area contributed by atoms with Gasteiger partial charge in [-0.2, -0.15) is 0 Å². The highest BCUT2D eigenvalue weighted by atomic mass is 16.5. The highest BCUT2D eigenvalue weighted by Crippen LogP contribution is 2.38. The zero-order valence-corrected chi connectivity index (χ0v) is 11.5. The normalized spacial score (nSPS) is 23.6. The molecule has 0 amide bonds. The zero-order valence-electron chi connectivity index (χ0n) is 11.5. The van der Waals surface area contributed by atoms with Crippen LogP contribution in [0.3, 0.4) is 0 Å². The Bertz CT molecular complexity index is 699. The number of aliphatic hydroxyl groups is 2. The lowest BCUT2D eigenvalue weighted by atomic mass is 9.92. The largest absolute Gasteiger partial charge is 0.508 e. The van der Waals surface area contributed by atoms with Gasteiger partial charge < -0.3 is 30.3 Å². The second kappa shape index (κ2) is 5.40. The van der Waals surface area contributed by atoms with E-state index < -0.39 is 18.3 Å². The minimum absolute atomic E-state index is 0.0248. The third-order valence-electron chi connectivity index (χ3n) is 3.78. The molecule has 0 aromatic heterocycles. The zero-order chi connectivity index (χ0) is 15.9. The van der Waals surface area contributed by atoms with Crippen LogP contribution in [0, 0.1) is 0 Å². The number of hydrogen-bond acceptors (Lipinski definition) is 6. The minimum atomic E-state index is -1.21. The summed E-state index contributed by atoms with van der Waals surface area (Å²) in [6, 6.07) is 8.44. The maximum absolute atomic E-state index is 10.2. The van der Waals surface area contributed by atoms with Gasteiger partial charge in [-0.3, -0.25) is 0 Å². The molecular formula is C16H16O6. The maximum Gasteiger partial charge on any atom is 0.132 e. The van der Waals surface area contributed by atoms with Crippen LogP contribution in [-0.2, 0) is 6.42 Å². The lowest BCUT2D eigenvalue weighted by Gasteiger charge is -2.34. The van der Waals surface area contributed by atoms with Gasteiger partial charge in [0, 0.05) is 18.1 Å². The Morgan fingerprint density at radius 1 is 0.909 bits per heavy atom. The van der Waals surface area contributed by atoms with Crippen LogP contribution in [0.5, 0.6) is 23.0 Å². The molecule has 2 aromatic rings. The van der Waals surface area contributed by atoms with E-state index in [0.29, 0.717) is 16.9 Å². The molecule has 1 heterocycles. The van der Waals surface area contributed by atoms with Gasteiger partial charge in [0.05, 0.1) is 0 Å². The number of phenols is 3. The average molecular weight is 304 g/mol. The predicted molar refractivity (Wildman–Crippen MR) is 77.0 cm³/mol. The molecule has 5 N–H and O–H groups in total. The molecule has 116 valence electrons. The fraction of sp³-hybridized carbons (Fsp3) is 0.250. The van der Waals surface area contributed by atoms with Gasteiger partial charge in [-0.25, -0.2) is 0 Å². The highest BCUT2D eigenvalue weighted by Gasteiger charge is 2.36. The first kappa shape index (κ1) is 14.5. The summed E-state index contributed by atoms with van der Waals surface area (Å²) in [6.07, 6.45) is -3.00. The molecule has 3 unspecified atom stereocenters. The van der Waals surface area contributed by atoms with Crippen LogP contribution in [0.15, 0.2) is 36.4 Å². The van der Waals surface area contributed by atoms with Crippen molar-refractivity contribution in [2.75, 3.05) is 0 Å². The standard InChI is InChI=1S/C16H16O6/c17-9-3-4-13-11(6-9)15(20)16(21)14(22-13)5-8-1-2-10(18)7-12(8)19/h1-4,6-7,14-21H,5H2. The summed E-state index contributed by atoms with van der Waals surface area (Å²) in [5, 5.41) is 48.9. The molecule has 0 bridgehead atoms. The quantitative estimate of drug-likeness (QED) is 0.570. The van der Waals surface area contributed by atoms with Crippen molar-refractivity contribution >= 4 is 0 Å². The number of aromatic hydroxyl groups is 3. The average Bonchev–Trinajstić information content (AvgIpc) is 2.48. The summed E-state index contributed by atoms with van der Waals surface area (Å²) in [5.74, 6) is 0.177. The number of phenolic OH excluding ortho intramolecular Hbond substituents is 3. The van der Waals surface area contributed by atoms with Gasteiger partial charge in [0.25, 0.3) is 0 Å². The number of fused-ring (bicyclic) bond motifs is 1. The number of aliphatic hydroxyl groups excluding tert-OH is 2. The van der Waals surface area contributed by atoms with E-state index in [1.54, 1.807) is 0 Å². The lowest BCUT2D eigenvalue weighted by Crippen LogP contribution is -2.42. The number of hydrogen-bond donors (Lipinski definition) is 5. The molecule has 0 radical (unpaired) electrons. The SMILES string of the molecule is Oc1ccc(CC2Oc3ccc(O)cc3C(O)C2O)c(O)c1. The Balaban J connectivity index is 1.88. The third kappa shape index (κ3) is 2.54. The van der Waals surface area contributed by atoms with Crippen molar-refractivity contribution in [3.8, 4) is 23.0 Å². The topological polar surface area (TPSA) is 110 Å². The van der Waals surface area contributed by atoms with Crippen LogP contribution in [0.1, 0.15) is 17.2 Å². The maximum atomic E-state index is 10.2. The van der Waals surface area contributed by atoms with Crippen molar-refractivity contribution in [1.82, 2.24) is 0 Å². The van der Waals surface area contributed by atoms with E-state index in [9.17, 15) is 25.5 Å². The molecule has 1 aliphatic rings. The van der Waals surface area contributed by atoms with E-state index in [-0.39, 0.29) is 23.7 Å². The summed E-state index contributed by atoms with van der Waals surface area (Å²) in [5.41, 5.74) is 0.801. The monoisotopic (exact) mass is 304 g/mol. The van der Waals surface area contributed by atoms with Crippen LogP contribution in [-0.4, -0.2) is 37.7 Å². The van der Waals surface area contributed by atoms with Crippen molar-refractivity contribution in [2.24, 2.45) is 0 Å². The third-order valence-corrected chi connectivity index (χ3v) is 3.78. The van der Waals surface area contributed by atoms with Crippen molar-refractivity contribution in [2.45, 2.75) is 24.7 Å². The van der Waals surface area contributed by atoms with Crippen molar-refractivity contribution in [3.05, 3.63) is 47.5 Å². The van der Waals surface area contributed by atoms with Crippen LogP contribution >= 0.6 is 0 Å². The summed E-state index contributed by atoms with van der Waals surface area (Å²) >= 11 is 0. The second-order valence-electron chi connectivity index (χ2n) is 5.33. The number of ether oxygens (including phenoxy) is 1. The van der Waals surface area contributed by atoms with Crippen LogP contribution in [0.4, 0.5) is 0 Å². The van der Waals surface area contributed by atoms with Crippen LogP contribution in [0.2, 0.25) is 0 Å². The Kier molecular flexibility index (Phi) is 3.56. The molecule has 3 atom stereocenters. The molecule has 22 heavy (non-hydrogen) atoms. The van der Waals surface area contributed by atoms with Gasteiger partial charge in [-0.15, -0.1) is 0 Å². The number of rotatable bonds is 2. The van der Waals surface area contributed by atoms with Gasteiger partial charge in [-0.05, 0) is 29.8 Å². The van der Waals surface area contributed by atoms with E-state index in [4.69, 9.17) is 4.74 Å². The van der Waals surface area contributed by atoms with Gasteiger partial charge in [0.2, 0.25) is 0 Å². The fourth-order valence-electron chi connectivity index (χ4n) is 2.60. The van der Waals surface area contributed by atoms with Crippen LogP contribution in [0.25, 0.3) is 0 Å². The Morgan fingerprint density at radius 3 is 2.32 bits per heavy atom. The first-order valence-corrected chi connectivity index (χ1v) is 6.82. The number of benzene rings is 2. The van der Waals surface area contributed by atoms with E-state index in [2.05, 4.69) is 0 Å². The van der Waals surface area contributed by atoms with E-state index in [1.165, 1.54) is 36.4 Å². The van der Waals surface area contributed by atoms with E-state index in [0.717, 1.165) is 0 Å². The van der Waals surface area contributed by atoms with Gasteiger partial charge in [-0.1, -0.05) is 6.07 Å². The first-order chi connectivity index (χ1) is 10.5. The Labute approximate surface area is 126 Å². The minimum Gasteiger partial charge on any atom is -0.508 e. The fourth-order valence-corrected chi connectivity index (χ4v) is 2.60. The summed E-state index contributed by atoms with van der Waals surface area (Å²) in [6.45, 7) is 0. The smallest absolute Gasteiger partial charge is 0.132 e. The molecule has 0 saturated carbocycles. The molecule has 0 aliphatic carbocycles. The molecule has 3 rings (SSSR count). The lowest BCUT2D eigenvalue weighted by molar-refractivity contribution is -0.0679. The van der Waals surface area contributed by atoms with E-state index in [1.807, 2.05) is 0 Å². The van der Waals surface area contributed by atoms with Crippen molar-refractivity contribution < 1.29 is 30.3 Å². The van der Waals surface area contributed by atoms with E-state index >= 15 is 0 Å². The molecule has 0 fully saturated rings. The molecule has 6 heteroatoms.